The smallest absolute Gasteiger partial charge is 0.216 e. The van der Waals surface area contributed by atoms with Crippen molar-refractivity contribution in [2.75, 3.05) is 33.3 Å². The van der Waals surface area contributed by atoms with Gasteiger partial charge in [0.2, 0.25) is 5.88 Å². The number of hydrogen-bond donors (Lipinski definition) is 1. The van der Waals surface area contributed by atoms with E-state index < -0.39 is 0 Å². The van der Waals surface area contributed by atoms with Gasteiger partial charge in [-0.1, -0.05) is 6.07 Å². The van der Waals surface area contributed by atoms with Crippen LogP contribution in [-0.2, 0) is 6.54 Å². The molecule has 1 aliphatic heterocycles. The molecule has 2 rings (SSSR count). The first kappa shape index (κ1) is 11.4. The molecule has 88 valence electrons. The number of nitrogens with one attached hydrogen (secondary N) is 1. The van der Waals surface area contributed by atoms with Crippen molar-refractivity contribution in [3.8, 4) is 5.88 Å². The Balaban J connectivity index is 2.03. The molecule has 0 radical (unpaired) electrons. The quantitative estimate of drug-likeness (QED) is 0.819. The van der Waals surface area contributed by atoms with Gasteiger partial charge in [-0.3, -0.25) is 4.90 Å². The normalized spacial score (nSPS) is 17.4. The van der Waals surface area contributed by atoms with Crippen molar-refractivity contribution in [1.29, 1.82) is 0 Å². The summed E-state index contributed by atoms with van der Waals surface area (Å²) in [5.41, 5.74) is 2.18. The lowest BCUT2D eigenvalue weighted by Crippen LogP contribution is -2.43. The van der Waals surface area contributed by atoms with Gasteiger partial charge in [-0.05, 0) is 13.0 Å². The summed E-state index contributed by atoms with van der Waals surface area (Å²) in [5, 5.41) is 3.35. The topological polar surface area (TPSA) is 37.4 Å². The third kappa shape index (κ3) is 2.71. The van der Waals surface area contributed by atoms with Crippen LogP contribution in [-0.4, -0.2) is 43.2 Å². The molecule has 1 aromatic rings. The van der Waals surface area contributed by atoms with Crippen molar-refractivity contribution in [2.24, 2.45) is 0 Å². The maximum absolute atomic E-state index is 5.23. The van der Waals surface area contributed by atoms with Crippen molar-refractivity contribution >= 4 is 0 Å². The second-order valence-electron chi connectivity index (χ2n) is 4.15. The van der Waals surface area contributed by atoms with Gasteiger partial charge in [0.1, 0.15) is 0 Å². The van der Waals surface area contributed by atoms with Crippen molar-refractivity contribution in [1.82, 2.24) is 15.2 Å². The van der Waals surface area contributed by atoms with E-state index in [1.807, 2.05) is 6.92 Å². The van der Waals surface area contributed by atoms with Crippen LogP contribution in [0.15, 0.2) is 12.1 Å². The number of methoxy groups -OCH3 is 1. The lowest BCUT2D eigenvalue weighted by molar-refractivity contribution is 0.230. The van der Waals surface area contributed by atoms with Crippen molar-refractivity contribution < 1.29 is 4.74 Å². The molecule has 16 heavy (non-hydrogen) atoms. The molecule has 0 amide bonds. The fourth-order valence-electron chi connectivity index (χ4n) is 1.94. The van der Waals surface area contributed by atoms with Gasteiger partial charge >= 0.3 is 0 Å². The first-order valence-electron chi connectivity index (χ1n) is 5.73. The van der Waals surface area contributed by atoms with E-state index in [0.717, 1.165) is 49.9 Å². The maximum Gasteiger partial charge on any atom is 0.216 e. The molecular weight excluding hydrogens is 202 g/mol. The highest BCUT2D eigenvalue weighted by Gasteiger charge is 2.11. The minimum Gasteiger partial charge on any atom is -0.481 e. The predicted octanol–water partition coefficient (Wildman–Crippen LogP) is 0.804. The standard InChI is InChI=1S/C12H19N3O/c1-10-3-4-11(14-12(10)16-2)9-15-7-5-13-6-8-15/h3-4,13H,5-9H2,1-2H3. The Labute approximate surface area is 96.6 Å². The first-order chi connectivity index (χ1) is 7.79. The number of pyridine rings is 1. The molecule has 1 aliphatic rings. The molecular formula is C12H19N3O. The third-order valence-electron chi connectivity index (χ3n) is 2.90. The predicted molar refractivity (Wildman–Crippen MR) is 63.7 cm³/mol. The Morgan fingerprint density at radius 3 is 2.81 bits per heavy atom. The van der Waals surface area contributed by atoms with Gasteiger partial charge in [-0.25, -0.2) is 4.98 Å². The molecule has 0 aliphatic carbocycles. The number of nitrogens with zero attached hydrogens (tertiary/aromatic N) is 2. The highest BCUT2D eigenvalue weighted by Crippen LogP contribution is 2.15. The molecule has 4 nitrogen and oxygen atoms in total. The van der Waals surface area contributed by atoms with Crippen LogP contribution in [0.1, 0.15) is 11.3 Å². The van der Waals surface area contributed by atoms with Crippen LogP contribution in [0.3, 0.4) is 0 Å². The van der Waals surface area contributed by atoms with Gasteiger partial charge in [-0.2, -0.15) is 0 Å². The van der Waals surface area contributed by atoms with E-state index in [2.05, 4.69) is 27.3 Å². The van der Waals surface area contributed by atoms with E-state index >= 15 is 0 Å². The van der Waals surface area contributed by atoms with Gasteiger partial charge in [0.05, 0.1) is 12.8 Å². The minimum atomic E-state index is 0.743. The fourth-order valence-corrected chi connectivity index (χ4v) is 1.94. The largest absolute Gasteiger partial charge is 0.481 e. The number of piperazine rings is 1. The maximum atomic E-state index is 5.23. The summed E-state index contributed by atoms with van der Waals surface area (Å²) in [4.78, 5) is 6.91. The van der Waals surface area contributed by atoms with Crippen LogP contribution in [0.25, 0.3) is 0 Å². The number of rotatable bonds is 3. The van der Waals surface area contributed by atoms with Crippen molar-refractivity contribution in [2.45, 2.75) is 13.5 Å². The summed E-state index contributed by atoms with van der Waals surface area (Å²) < 4.78 is 5.23. The van der Waals surface area contributed by atoms with Gasteiger partial charge in [0.15, 0.2) is 0 Å². The summed E-state index contributed by atoms with van der Waals surface area (Å²) in [7, 11) is 1.67. The Morgan fingerprint density at radius 1 is 1.38 bits per heavy atom. The minimum absolute atomic E-state index is 0.743. The summed E-state index contributed by atoms with van der Waals surface area (Å²) in [5.74, 6) is 0.743. The molecule has 0 atom stereocenters. The molecule has 1 aromatic heterocycles. The van der Waals surface area contributed by atoms with E-state index in [9.17, 15) is 0 Å². The molecule has 0 unspecified atom stereocenters. The van der Waals surface area contributed by atoms with E-state index in [-0.39, 0.29) is 0 Å². The zero-order chi connectivity index (χ0) is 11.4. The lowest BCUT2D eigenvalue weighted by Gasteiger charge is -2.26. The van der Waals surface area contributed by atoms with E-state index in [1.165, 1.54) is 0 Å². The summed E-state index contributed by atoms with van der Waals surface area (Å²) in [6.45, 7) is 7.26. The van der Waals surface area contributed by atoms with Crippen LogP contribution in [0, 0.1) is 6.92 Å². The fraction of sp³-hybridized carbons (Fsp3) is 0.583. The highest BCUT2D eigenvalue weighted by molar-refractivity contribution is 5.26. The van der Waals surface area contributed by atoms with Crippen LogP contribution in [0.4, 0.5) is 0 Å². The van der Waals surface area contributed by atoms with Gasteiger partial charge in [0, 0.05) is 38.3 Å². The highest BCUT2D eigenvalue weighted by atomic mass is 16.5. The first-order valence-corrected chi connectivity index (χ1v) is 5.73. The molecule has 1 fully saturated rings. The Hall–Kier alpha value is -1.13. The Morgan fingerprint density at radius 2 is 2.12 bits per heavy atom. The molecule has 1 N–H and O–H groups in total. The van der Waals surface area contributed by atoms with Crippen LogP contribution in [0.2, 0.25) is 0 Å². The monoisotopic (exact) mass is 221 g/mol. The molecule has 0 bridgehead atoms. The average Bonchev–Trinajstić information content (AvgIpc) is 2.33. The Bertz CT molecular complexity index is 348. The zero-order valence-corrected chi connectivity index (χ0v) is 9.99. The van der Waals surface area contributed by atoms with Crippen LogP contribution in [0.5, 0.6) is 5.88 Å². The van der Waals surface area contributed by atoms with Gasteiger partial charge < -0.3 is 10.1 Å². The van der Waals surface area contributed by atoms with Crippen molar-refractivity contribution in [3.63, 3.8) is 0 Å². The summed E-state index contributed by atoms with van der Waals surface area (Å²) in [6.07, 6.45) is 0. The van der Waals surface area contributed by atoms with Crippen molar-refractivity contribution in [3.05, 3.63) is 23.4 Å². The molecule has 1 saturated heterocycles. The SMILES string of the molecule is COc1nc(CN2CCNCC2)ccc1C. The second kappa shape index (κ2) is 5.27. The molecule has 0 spiro atoms. The molecule has 4 heteroatoms. The summed E-state index contributed by atoms with van der Waals surface area (Å²) >= 11 is 0. The Kier molecular flexibility index (Phi) is 3.74. The third-order valence-corrected chi connectivity index (χ3v) is 2.90. The van der Waals surface area contributed by atoms with Crippen LogP contribution >= 0.6 is 0 Å². The van der Waals surface area contributed by atoms with Gasteiger partial charge in [0.25, 0.3) is 0 Å². The van der Waals surface area contributed by atoms with Crippen LogP contribution < -0.4 is 10.1 Å². The van der Waals surface area contributed by atoms with E-state index in [0.29, 0.717) is 0 Å². The summed E-state index contributed by atoms with van der Waals surface area (Å²) in [6, 6.07) is 4.16. The lowest BCUT2D eigenvalue weighted by atomic mass is 10.2. The number of hydrogen-bond acceptors (Lipinski definition) is 4. The molecule has 2 heterocycles. The van der Waals surface area contributed by atoms with E-state index in [4.69, 9.17) is 4.74 Å². The number of aryl methyl sites for hydroxylation is 1. The average molecular weight is 221 g/mol. The number of ether oxygens (including phenoxy) is 1. The number of aromatic nitrogens is 1. The van der Waals surface area contributed by atoms with Gasteiger partial charge in [-0.15, -0.1) is 0 Å². The van der Waals surface area contributed by atoms with E-state index in [1.54, 1.807) is 7.11 Å². The molecule has 0 aromatic carbocycles. The second-order valence-corrected chi connectivity index (χ2v) is 4.15. The zero-order valence-electron chi connectivity index (χ0n) is 9.99. The molecule has 0 saturated carbocycles.